The molecule has 6 heteroatoms. The Balaban J connectivity index is 1.91. The number of aromatic nitrogens is 2. The van der Waals surface area contributed by atoms with Crippen molar-refractivity contribution >= 4 is 5.91 Å². The zero-order valence-electron chi connectivity index (χ0n) is 13.2. The maximum absolute atomic E-state index is 12.3. The molecular formula is C16H22N4O2. The van der Waals surface area contributed by atoms with E-state index in [0.717, 1.165) is 23.3 Å². The van der Waals surface area contributed by atoms with Gasteiger partial charge < -0.3 is 15.4 Å². The second-order valence-electron chi connectivity index (χ2n) is 5.02. The fraction of sp³-hybridized carbons (Fsp3) is 0.375. The van der Waals surface area contributed by atoms with Gasteiger partial charge in [0.1, 0.15) is 11.8 Å². The van der Waals surface area contributed by atoms with E-state index in [1.807, 2.05) is 37.5 Å². The van der Waals surface area contributed by atoms with Crippen LogP contribution in [0.5, 0.6) is 5.75 Å². The standard InChI is InChI=1S/C16H22N4O2/c1-17-15(13-10-19-20(2)11-13)16(21)18-9-8-12-6-4-5-7-14(12)22-3/h4-7,10-11,15,17H,8-9H2,1-3H3,(H,18,21)/t15-/m1/s1. The highest BCUT2D eigenvalue weighted by molar-refractivity contribution is 5.83. The highest BCUT2D eigenvalue weighted by Gasteiger charge is 2.19. The molecule has 2 N–H and O–H groups in total. The number of carbonyl (C=O) groups is 1. The minimum absolute atomic E-state index is 0.0644. The van der Waals surface area contributed by atoms with E-state index in [2.05, 4.69) is 15.7 Å². The van der Waals surface area contributed by atoms with Gasteiger partial charge in [-0.25, -0.2) is 0 Å². The number of rotatable bonds is 7. The van der Waals surface area contributed by atoms with Gasteiger partial charge in [0, 0.05) is 25.4 Å². The van der Waals surface area contributed by atoms with Crippen LogP contribution in [0, 0.1) is 0 Å². The van der Waals surface area contributed by atoms with E-state index in [9.17, 15) is 4.79 Å². The Hall–Kier alpha value is -2.34. The third-order valence-electron chi connectivity index (χ3n) is 3.50. The molecule has 22 heavy (non-hydrogen) atoms. The van der Waals surface area contributed by atoms with Crippen LogP contribution in [0.1, 0.15) is 17.2 Å². The molecular weight excluding hydrogens is 280 g/mol. The number of benzene rings is 1. The van der Waals surface area contributed by atoms with E-state index in [0.29, 0.717) is 6.54 Å². The fourth-order valence-electron chi connectivity index (χ4n) is 2.37. The molecule has 0 saturated heterocycles. The summed E-state index contributed by atoms with van der Waals surface area (Å²) in [4.78, 5) is 12.3. The molecule has 0 fully saturated rings. The van der Waals surface area contributed by atoms with E-state index in [-0.39, 0.29) is 5.91 Å². The smallest absolute Gasteiger partial charge is 0.241 e. The van der Waals surface area contributed by atoms with Gasteiger partial charge in [0.25, 0.3) is 0 Å². The molecule has 0 bridgehead atoms. The van der Waals surface area contributed by atoms with Crippen molar-refractivity contribution in [3.8, 4) is 5.75 Å². The maximum Gasteiger partial charge on any atom is 0.241 e. The predicted molar refractivity (Wildman–Crippen MR) is 84.7 cm³/mol. The van der Waals surface area contributed by atoms with Crippen LogP contribution in [0.2, 0.25) is 0 Å². The molecule has 2 rings (SSSR count). The summed E-state index contributed by atoms with van der Waals surface area (Å²) in [6.07, 6.45) is 4.25. The second kappa shape index (κ2) is 7.61. The number of hydrogen-bond donors (Lipinski definition) is 2. The molecule has 0 saturated carbocycles. The molecule has 1 aromatic heterocycles. The van der Waals surface area contributed by atoms with Crippen LogP contribution in [-0.4, -0.2) is 36.4 Å². The summed E-state index contributed by atoms with van der Waals surface area (Å²) < 4.78 is 6.99. The van der Waals surface area contributed by atoms with Gasteiger partial charge in [0.15, 0.2) is 0 Å². The molecule has 2 aromatic rings. The number of carbonyl (C=O) groups excluding carboxylic acids is 1. The molecule has 0 radical (unpaired) electrons. The van der Waals surface area contributed by atoms with E-state index in [1.54, 1.807) is 25.0 Å². The first-order valence-electron chi connectivity index (χ1n) is 7.21. The minimum Gasteiger partial charge on any atom is -0.496 e. The van der Waals surface area contributed by atoms with Gasteiger partial charge in [-0.1, -0.05) is 18.2 Å². The number of aryl methyl sites for hydroxylation is 1. The Labute approximate surface area is 130 Å². The van der Waals surface area contributed by atoms with Crippen LogP contribution in [0.3, 0.4) is 0 Å². The van der Waals surface area contributed by atoms with Gasteiger partial charge in [0.05, 0.1) is 13.3 Å². The first-order valence-corrected chi connectivity index (χ1v) is 7.21. The average molecular weight is 302 g/mol. The Bertz CT molecular complexity index is 624. The second-order valence-corrected chi connectivity index (χ2v) is 5.02. The summed E-state index contributed by atoms with van der Waals surface area (Å²) >= 11 is 0. The highest BCUT2D eigenvalue weighted by Crippen LogP contribution is 2.17. The number of nitrogens with zero attached hydrogens (tertiary/aromatic N) is 2. The molecule has 0 aliphatic carbocycles. The number of nitrogens with one attached hydrogen (secondary N) is 2. The van der Waals surface area contributed by atoms with Crippen LogP contribution >= 0.6 is 0 Å². The van der Waals surface area contributed by atoms with Gasteiger partial charge in [0.2, 0.25) is 5.91 Å². The molecule has 0 aliphatic rings. The largest absolute Gasteiger partial charge is 0.496 e. The first-order chi connectivity index (χ1) is 10.7. The van der Waals surface area contributed by atoms with E-state index < -0.39 is 6.04 Å². The highest BCUT2D eigenvalue weighted by atomic mass is 16.5. The fourth-order valence-corrected chi connectivity index (χ4v) is 2.37. The van der Waals surface area contributed by atoms with Crippen molar-refractivity contribution in [3.05, 3.63) is 47.8 Å². The van der Waals surface area contributed by atoms with Crippen LogP contribution in [0.25, 0.3) is 0 Å². The Morgan fingerprint density at radius 2 is 2.18 bits per heavy atom. The maximum atomic E-state index is 12.3. The van der Waals surface area contributed by atoms with E-state index >= 15 is 0 Å². The van der Waals surface area contributed by atoms with Crippen molar-refractivity contribution in [2.45, 2.75) is 12.5 Å². The molecule has 1 heterocycles. The van der Waals surface area contributed by atoms with Crippen LogP contribution in [0.4, 0.5) is 0 Å². The van der Waals surface area contributed by atoms with Crippen LogP contribution in [-0.2, 0) is 18.3 Å². The lowest BCUT2D eigenvalue weighted by molar-refractivity contribution is -0.123. The topological polar surface area (TPSA) is 68.2 Å². The van der Waals surface area contributed by atoms with Crippen molar-refractivity contribution < 1.29 is 9.53 Å². The summed E-state index contributed by atoms with van der Waals surface area (Å²) in [5, 5.41) is 10.1. The summed E-state index contributed by atoms with van der Waals surface area (Å²) in [7, 11) is 5.24. The Morgan fingerprint density at radius 3 is 2.82 bits per heavy atom. The Morgan fingerprint density at radius 1 is 1.41 bits per heavy atom. The normalized spacial score (nSPS) is 12.0. The van der Waals surface area contributed by atoms with Gasteiger partial charge in [-0.3, -0.25) is 9.48 Å². The third kappa shape index (κ3) is 3.85. The molecule has 118 valence electrons. The lowest BCUT2D eigenvalue weighted by Crippen LogP contribution is -2.36. The van der Waals surface area contributed by atoms with Crippen molar-refractivity contribution in [1.82, 2.24) is 20.4 Å². The number of methoxy groups -OCH3 is 1. The SMILES string of the molecule is CN[C@@H](C(=O)NCCc1ccccc1OC)c1cnn(C)c1. The number of hydrogen-bond acceptors (Lipinski definition) is 4. The van der Waals surface area contributed by atoms with E-state index in [1.165, 1.54) is 0 Å². The molecule has 0 unspecified atom stereocenters. The predicted octanol–water partition coefficient (Wildman–Crippen LogP) is 1.05. The number of likely N-dealkylation sites (N-methyl/N-ethyl adjacent to an activating group) is 1. The number of para-hydroxylation sites is 1. The molecule has 0 aliphatic heterocycles. The first kappa shape index (κ1) is 16.0. The van der Waals surface area contributed by atoms with Crippen LogP contribution < -0.4 is 15.4 Å². The minimum atomic E-state index is -0.397. The van der Waals surface area contributed by atoms with Crippen molar-refractivity contribution in [2.75, 3.05) is 20.7 Å². The van der Waals surface area contributed by atoms with Gasteiger partial charge in [-0.2, -0.15) is 5.10 Å². The van der Waals surface area contributed by atoms with Crippen molar-refractivity contribution in [1.29, 1.82) is 0 Å². The average Bonchev–Trinajstić information content (AvgIpc) is 2.94. The van der Waals surface area contributed by atoms with Crippen LogP contribution in [0.15, 0.2) is 36.7 Å². The van der Waals surface area contributed by atoms with Gasteiger partial charge in [-0.15, -0.1) is 0 Å². The Kier molecular flexibility index (Phi) is 5.55. The van der Waals surface area contributed by atoms with Crippen molar-refractivity contribution in [3.63, 3.8) is 0 Å². The molecule has 1 aromatic carbocycles. The lowest BCUT2D eigenvalue weighted by Gasteiger charge is -2.15. The summed E-state index contributed by atoms with van der Waals surface area (Å²) in [6, 6.07) is 7.42. The summed E-state index contributed by atoms with van der Waals surface area (Å²) in [6.45, 7) is 0.553. The van der Waals surface area contributed by atoms with E-state index in [4.69, 9.17) is 4.74 Å². The quantitative estimate of drug-likeness (QED) is 0.802. The number of ether oxygens (including phenoxy) is 1. The molecule has 1 atom stereocenters. The molecule has 0 spiro atoms. The molecule has 6 nitrogen and oxygen atoms in total. The number of amides is 1. The van der Waals surface area contributed by atoms with Crippen molar-refractivity contribution in [2.24, 2.45) is 7.05 Å². The summed E-state index contributed by atoms with van der Waals surface area (Å²) in [5.74, 6) is 0.777. The van der Waals surface area contributed by atoms with Gasteiger partial charge in [-0.05, 0) is 25.1 Å². The molecule has 1 amide bonds. The van der Waals surface area contributed by atoms with Gasteiger partial charge >= 0.3 is 0 Å². The third-order valence-corrected chi connectivity index (χ3v) is 3.50. The monoisotopic (exact) mass is 302 g/mol. The lowest BCUT2D eigenvalue weighted by atomic mass is 10.1. The summed E-state index contributed by atoms with van der Waals surface area (Å²) in [5.41, 5.74) is 1.92. The zero-order chi connectivity index (χ0) is 15.9. The zero-order valence-corrected chi connectivity index (χ0v) is 13.2.